The van der Waals surface area contributed by atoms with Gasteiger partial charge in [-0.2, -0.15) is 0 Å². The molecule has 1 saturated heterocycles. The monoisotopic (exact) mass is 289 g/mol. The van der Waals surface area contributed by atoms with Crippen LogP contribution in [0, 0.1) is 19.8 Å². The molecule has 1 saturated carbocycles. The summed E-state index contributed by atoms with van der Waals surface area (Å²) in [6.07, 6.45) is 5.70. The summed E-state index contributed by atoms with van der Waals surface area (Å²) in [5.41, 5.74) is 0.655. The Morgan fingerprint density at radius 2 is 2.05 bits per heavy atom. The maximum Gasteiger partial charge on any atom is 0.257 e. The van der Waals surface area contributed by atoms with Gasteiger partial charge < -0.3 is 9.32 Å². The summed E-state index contributed by atoms with van der Waals surface area (Å²) >= 11 is 0. The summed E-state index contributed by atoms with van der Waals surface area (Å²) in [4.78, 5) is 26.9. The topological polar surface area (TPSA) is 50.5 Å². The van der Waals surface area contributed by atoms with Crippen LogP contribution in [0.3, 0.4) is 0 Å². The molecule has 2 unspecified atom stereocenters. The molecular weight excluding hydrogens is 266 g/mol. The van der Waals surface area contributed by atoms with Gasteiger partial charge in [0.05, 0.1) is 5.56 Å². The van der Waals surface area contributed by atoms with Crippen molar-refractivity contribution in [2.45, 2.75) is 58.4 Å². The van der Waals surface area contributed by atoms with Crippen LogP contribution in [0.25, 0.3) is 0 Å². The predicted molar refractivity (Wildman–Crippen MR) is 79.2 cm³/mol. The molecule has 0 radical (unpaired) electrons. The Labute approximate surface area is 125 Å². The van der Waals surface area contributed by atoms with Gasteiger partial charge in [0.1, 0.15) is 17.3 Å². The first-order valence-electron chi connectivity index (χ1n) is 7.98. The number of likely N-dealkylation sites (tertiary alicyclic amines) is 1. The molecule has 1 amide bonds. The van der Waals surface area contributed by atoms with Crippen molar-refractivity contribution in [1.82, 2.24) is 4.90 Å². The number of hydrogen-bond acceptors (Lipinski definition) is 3. The van der Waals surface area contributed by atoms with Crippen LogP contribution in [-0.2, 0) is 4.79 Å². The van der Waals surface area contributed by atoms with Gasteiger partial charge >= 0.3 is 0 Å². The maximum absolute atomic E-state index is 12.8. The second-order valence-electron chi connectivity index (χ2n) is 6.35. The van der Waals surface area contributed by atoms with Crippen LogP contribution in [0.1, 0.15) is 60.4 Å². The molecule has 0 spiro atoms. The number of aryl methyl sites for hydroxylation is 2. The number of carbonyl (C=O) groups excluding carboxylic acids is 2. The molecule has 2 aliphatic rings. The number of rotatable bonds is 2. The quantitative estimate of drug-likeness (QED) is 0.839. The van der Waals surface area contributed by atoms with Crippen LogP contribution in [0.5, 0.6) is 0 Å². The summed E-state index contributed by atoms with van der Waals surface area (Å²) < 4.78 is 5.48. The van der Waals surface area contributed by atoms with Gasteiger partial charge in [0.2, 0.25) is 0 Å². The minimum atomic E-state index is 0.0326. The van der Waals surface area contributed by atoms with E-state index in [0.717, 1.165) is 44.4 Å². The van der Waals surface area contributed by atoms with Crippen LogP contribution >= 0.6 is 0 Å². The Balaban J connectivity index is 1.82. The number of nitrogens with zero attached hydrogens (tertiary/aromatic N) is 1. The Kier molecular flexibility index (Phi) is 3.87. The molecular formula is C17H23NO3. The standard InChI is InChI=1S/C17H23NO3/c1-11-10-14(12(2)21-11)17(20)18-9-5-7-15(18)13-6-3-4-8-16(13)19/h10,13,15H,3-9H2,1-2H3. The van der Waals surface area contributed by atoms with Crippen molar-refractivity contribution in [3.05, 3.63) is 23.2 Å². The molecule has 1 aliphatic carbocycles. The van der Waals surface area contributed by atoms with E-state index in [1.807, 2.05) is 24.8 Å². The second-order valence-corrected chi connectivity index (χ2v) is 6.35. The minimum Gasteiger partial charge on any atom is -0.466 e. The van der Waals surface area contributed by atoms with Gasteiger partial charge in [0, 0.05) is 24.9 Å². The molecule has 0 N–H and O–H groups in total. The fourth-order valence-corrected chi connectivity index (χ4v) is 3.88. The number of Topliss-reactive ketones (excluding diaryl/α,β-unsaturated/α-hetero) is 1. The van der Waals surface area contributed by atoms with E-state index in [9.17, 15) is 9.59 Å². The molecule has 4 nitrogen and oxygen atoms in total. The van der Waals surface area contributed by atoms with Gasteiger partial charge in [-0.05, 0) is 45.6 Å². The molecule has 1 aromatic heterocycles. The lowest BCUT2D eigenvalue weighted by molar-refractivity contribution is -0.126. The lowest BCUT2D eigenvalue weighted by Gasteiger charge is -2.33. The molecule has 2 fully saturated rings. The smallest absolute Gasteiger partial charge is 0.257 e. The number of hydrogen-bond donors (Lipinski definition) is 0. The Bertz CT molecular complexity index is 560. The van der Waals surface area contributed by atoms with Crippen LogP contribution in [-0.4, -0.2) is 29.2 Å². The molecule has 21 heavy (non-hydrogen) atoms. The first-order chi connectivity index (χ1) is 10.1. The highest BCUT2D eigenvalue weighted by Gasteiger charge is 2.39. The van der Waals surface area contributed by atoms with Crippen molar-refractivity contribution in [3.63, 3.8) is 0 Å². The molecule has 1 aliphatic heterocycles. The first-order valence-corrected chi connectivity index (χ1v) is 7.98. The summed E-state index contributed by atoms with van der Waals surface area (Å²) in [6.45, 7) is 4.45. The zero-order valence-corrected chi connectivity index (χ0v) is 12.9. The Morgan fingerprint density at radius 3 is 2.71 bits per heavy atom. The average Bonchev–Trinajstić information content (AvgIpc) is 3.05. The highest BCUT2D eigenvalue weighted by atomic mass is 16.3. The third kappa shape index (κ3) is 2.63. The summed E-state index contributed by atoms with van der Waals surface area (Å²) in [5, 5.41) is 0. The van der Waals surface area contributed by atoms with Crippen molar-refractivity contribution in [3.8, 4) is 0 Å². The number of ketones is 1. The number of carbonyl (C=O) groups is 2. The number of amides is 1. The molecule has 2 atom stereocenters. The molecule has 0 aromatic carbocycles. The maximum atomic E-state index is 12.8. The van der Waals surface area contributed by atoms with E-state index in [4.69, 9.17) is 4.42 Å². The highest BCUT2D eigenvalue weighted by molar-refractivity contribution is 5.96. The zero-order valence-electron chi connectivity index (χ0n) is 12.9. The van der Waals surface area contributed by atoms with Crippen molar-refractivity contribution in [2.75, 3.05) is 6.54 Å². The largest absolute Gasteiger partial charge is 0.466 e. The highest BCUT2D eigenvalue weighted by Crippen LogP contribution is 2.33. The van der Waals surface area contributed by atoms with E-state index in [2.05, 4.69) is 0 Å². The van der Waals surface area contributed by atoms with Crippen LogP contribution < -0.4 is 0 Å². The van der Waals surface area contributed by atoms with Gasteiger partial charge in [-0.15, -0.1) is 0 Å². The number of furan rings is 1. The van der Waals surface area contributed by atoms with Crippen LogP contribution in [0.2, 0.25) is 0 Å². The predicted octanol–water partition coefficient (Wildman–Crippen LogP) is 3.26. The Morgan fingerprint density at radius 1 is 1.24 bits per heavy atom. The lowest BCUT2D eigenvalue weighted by Crippen LogP contribution is -2.43. The van der Waals surface area contributed by atoms with E-state index >= 15 is 0 Å². The van der Waals surface area contributed by atoms with Crippen molar-refractivity contribution in [2.24, 2.45) is 5.92 Å². The SMILES string of the molecule is Cc1cc(C(=O)N2CCCC2C2CCCCC2=O)c(C)o1. The van der Waals surface area contributed by atoms with E-state index < -0.39 is 0 Å². The average molecular weight is 289 g/mol. The van der Waals surface area contributed by atoms with E-state index in [1.54, 1.807) is 0 Å². The zero-order chi connectivity index (χ0) is 15.0. The summed E-state index contributed by atoms with van der Waals surface area (Å²) in [6, 6.07) is 1.91. The van der Waals surface area contributed by atoms with Gasteiger partial charge in [-0.1, -0.05) is 6.42 Å². The summed E-state index contributed by atoms with van der Waals surface area (Å²) in [7, 11) is 0. The molecule has 3 rings (SSSR count). The molecule has 1 aromatic rings. The normalized spacial score (nSPS) is 26.4. The van der Waals surface area contributed by atoms with E-state index in [1.165, 1.54) is 0 Å². The Hall–Kier alpha value is -1.58. The molecule has 2 heterocycles. The summed E-state index contributed by atoms with van der Waals surface area (Å²) in [5.74, 6) is 1.88. The third-order valence-corrected chi connectivity index (χ3v) is 4.90. The van der Waals surface area contributed by atoms with Gasteiger partial charge in [0.25, 0.3) is 5.91 Å². The van der Waals surface area contributed by atoms with Crippen molar-refractivity contribution >= 4 is 11.7 Å². The second kappa shape index (κ2) is 5.66. The minimum absolute atomic E-state index is 0.0326. The fraction of sp³-hybridized carbons (Fsp3) is 0.647. The molecule has 0 bridgehead atoms. The molecule has 4 heteroatoms. The van der Waals surface area contributed by atoms with Gasteiger partial charge in [-0.3, -0.25) is 9.59 Å². The third-order valence-electron chi connectivity index (χ3n) is 4.90. The van der Waals surface area contributed by atoms with E-state index in [0.29, 0.717) is 23.5 Å². The fourth-order valence-electron chi connectivity index (χ4n) is 3.88. The van der Waals surface area contributed by atoms with Gasteiger partial charge in [-0.25, -0.2) is 0 Å². The molecule has 114 valence electrons. The van der Waals surface area contributed by atoms with Crippen molar-refractivity contribution in [1.29, 1.82) is 0 Å². The van der Waals surface area contributed by atoms with Crippen molar-refractivity contribution < 1.29 is 14.0 Å². The van der Waals surface area contributed by atoms with E-state index in [-0.39, 0.29) is 17.9 Å². The van der Waals surface area contributed by atoms with Crippen LogP contribution in [0.4, 0.5) is 0 Å². The first kappa shape index (κ1) is 14.4. The lowest BCUT2D eigenvalue weighted by atomic mass is 9.81. The van der Waals surface area contributed by atoms with Gasteiger partial charge in [0.15, 0.2) is 0 Å². The van der Waals surface area contributed by atoms with Crippen LogP contribution in [0.15, 0.2) is 10.5 Å².